The van der Waals surface area contributed by atoms with Crippen LogP contribution in [0.25, 0.3) is 0 Å². The van der Waals surface area contributed by atoms with Crippen LogP contribution in [0.15, 0.2) is 29.3 Å². The summed E-state index contributed by atoms with van der Waals surface area (Å²) < 4.78 is 0. The topological polar surface area (TPSA) is 130 Å². The van der Waals surface area contributed by atoms with E-state index in [0.29, 0.717) is 18.2 Å². The molecule has 4 N–H and O–H groups in total. The summed E-state index contributed by atoms with van der Waals surface area (Å²) in [4.78, 5) is 40.4. The van der Waals surface area contributed by atoms with E-state index in [2.05, 4.69) is 30.2 Å². The van der Waals surface area contributed by atoms with Gasteiger partial charge in [0.05, 0.1) is 12.1 Å². The van der Waals surface area contributed by atoms with Gasteiger partial charge in [-0.2, -0.15) is 0 Å². The third-order valence-electron chi connectivity index (χ3n) is 4.10. The van der Waals surface area contributed by atoms with Crippen LogP contribution < -0.4 is 21.5 Å². The van der Waals surface area contributed by atoms with Gasteiger partial charge in [0.2, 0.25) is 17.8 Å². The number of nitrogen functional groups attached to an aromatic ring is 1. The van der Waals surface area contributed by atoms with Crippen molar-refractivity contribution in [2.45, 2.75) is 19.3 Å². The Balaban J connectivity index is 1.51. The van der Waals surface area contributed by atoms with Gasteiger partial charge in [-0.1, -0.05) is 0 Å². The number of piperidine rings is 1. The number of carbonyl (C=O) groups is 1. The first kappa shape index (κ1) is 16.9. The van der Waals surface area contributed by atoms with Crippen molar-refractivity contribution in [3.8, 4) is 0 Å². The molecule has 0 spiro atoms. The lowest BCUT2D eigenvalue weighted by molar-refractivity contribution is -0.120. The van der Waals surface area contributed by atoms with E-state index >= 15 is 0 Å². The zero-order chi connectivity index (χ0) is 17.6. The molecular weight excluding hydrogens is 322 g/mol. The van der Waals surface area contributed by atoms with Gasteiger partial charge in [0.1, 0.15) is 0 Å². The average Bonchev–Trinajstić information content (AvgIpc) is 2.60. The second-order valence-electron chi connectivity index (χ2n) is 6.11. The molecule has 0 saturated carbocycles. The molecule has 9 heteroatoms. The fraction of sp³-hybridized carbons (Fsp3) is 0.438. The highest BCUT2D eigenvalue weighted by Crippen LogP contribution is 2.19. The second kappa shape index (κ2) is 7.73. The number of H-pyrrole nitrogens is 1. The van der Waals surface area contributed by atoms with Crippen LogP contribution in [0.1, 0.15) is 18.5 Å². The van der Waals surface area contributed by atoms with Crippen molar-refractivity contribution in [1.82, 2.24) is 25.3 Å². The van der Waals surface area contributed by atoms with Crippen LogP contribution in [-0.2, 0) is 11.2 Å². The maximum Gasteiger partial charge on any atom is 0.252 e. The van der Waals surface area contributed by atoms with Crippen LogP contribution in [0.5, 0.6) is 0 Å². The van der Waals surface area contributed by atoms with E-state index in [9.17, 15) is 9.59 Å². The van der Waals surface area contributed by atoms with Crippen LogP contribution in [0.4, 0.5) is 11.9 Å². The summed E-state index contributed by atoms with van der Waals surface area (Å²) in [5.74, 6) is 0.895. The lowest BCUT2D eigenvalue weighted by Gasteiger charge is -2.32. The standard InChI is InChI=1S/C16H21N7O2/c17-15-21-12(8-14(25)22-15)7-13(24)20-9-11-3-1-6-23(10-11)16-18-4-2-5-19-16/h2,4-5,8,11H,1,3,6-7,9-10H2,(H,20,24)(H3,17,21,22,25)/t11-/m0/s1. The minimum Gasteiger partial charge on any atom is -0.369 e. The van der Waals surface area contributed by atoms with E-state index in [1.165, 1.54) is 6.07 Å². The molecule has 1 aliphatic heterocycles. The van der Waals surface area contributed by atoms with Crippen LogP contribution in [0.2, 0.25) is 0 Å². The Kier molecular flexibility index (Phi) is 5.22. The first-order valence-electron chi connectivity index (χ1n) is 8.24. The van der Waals surface area contributed by atoms with Crippen molar-refractivity contribution < 1.29 is 4.79 Å². The second-order valence-corrected chi connectivity index (χ2v) is 6.11. The SMILES string of the molecule is Nc1nc(CC(=O)NC[C@@H]2CCCN(c3ncccn3)C2)cc(=O)[nH]1. The number of rotatable bonds is 5. The monoisotopic (exact) mass is 343 g/mol. The number of anilines is 2. The van der Waals surface area contributed by atoms with E-state index in [1.54, 1.807) is 18.5 Å². The van der Waals surface area contributed by atoms with Gasteiger partial charge in [-0.15, -0.1) is 0 Å². The fourth-order valence-electron chi connectivity index (χ4n) is 2.97. The molecule has 0 unspecified atom stereocenters. The number of nitrogens with one attached hydrogen (secondary N) is 2. The summed E-state index contributed by atoms with van der Waals surface area (Å²) in [6, 6.07) is 3.08. The maximum absolute atomic E-state index is 12.1. The van der Waals surface area contributed by atoms with Gasteiger partial charge in [0, 0.05) is 38.1 Å². The van der Waals surface area contributed by atoms with Gasteiger partial charge in [-0.3, -0.25) is 14.6 Å². The highest BCUT2D eigenvalue weighted by atomic mass is 16.1. The molecule has 0 bridgehead atoms. The first-order chi connectivity index (χ1) is 12.1. The number of amides is 1. The normalized spacial score (nSPS) is 17.3. The van der Waals surface area contributed by atoms with Crippen LogP contribution in [0, 0.1) is 5.92 Å². The third-order valence-corrected chi connectivity index (χ3v) is 4.10. The van der Waals surface area contributed by atoms with E-state index < -0.39 is 0 Å². The highest BCUT2D eigenvalue weighted by Gasteiger charge is 2.22. The molecule has 0 aliphatic carbocycles. The zero-order valence-corrected chi connectivity index (χ0v) is 13.8. The number of hydrogen-bond donors (Lipinski definition) is 3. The number of nitrogens with zero attached hydrogens (tertiary/aromatic N) is 4. The molecule has 1 amide bonds. The van der Waals surface area contributed by atoms with Crippen LogP contribution in [-0.4, -0.2) is 45.5 Å². The Hall–Kier alpha value is -2.97. The minimum absolute atomic E-state index is 0.0149. The molecule has 2 aromatic heterocycles. The molecule has 0 radical (unpaired) electrons. The largest absolute Gasteiger partial charge is 0.369 e. The highest BCUT2D eigenvalue weighted by molar-refractivity contribution is 5.78. The average molecular weight is 343 g/mol. The third kappa shape index (κ3) is 4.75. The summed E-state index contributed by atoms with van der Waals surface area (Å²) in [7, 11) is 0. The molecule has 1 saturated heterocycles. The molecule has 3 rings (SSSR count). The van der Waals surface area contributed by atoms with Gasteiger partial charge >= 0.3 is 0 Å². The van der Waals surface area contributed by atoms with E-state index in [1.807, 2.05) is 0 Å². The number of hydrogen-bond acceptors (Lipinski definition) is 7. The predicted molar refractivity (Wildman–Crippen MR) is 93.0 cm³/mol. The maximum atomic E-state index is 12.1. The summed E-state index contributed by atoms with van der Waals surface area (Å²) in [6.45, 7) is 2.30. The molecule has 9 nitrogen and oxygen atoms in total. The molecule has 3 heterocycles. The Morgan fingerprint density at radius 1 is 1.40 bits per heavy atom. The molecule has 1 aliphatic rings. The molecule has 0 aromatic carbocycles. The number of nitrogens with two attached hydrogens (primary N) is 1. The van der Waals surface area contributed by atoms with Crippen molar-refractivity contribution in [2.24, 2.45) is 5.92 Å². The van der Waals surface area contributed by atoms with Crippen molar-refractivity contribution in [3.05, 3.63) is 40.6 Å². The van der Waals surface area contributed by atoms with E-state index in [0.717, 1.165) is 31.9 Å². The van der Waals surface area contributed by atoms with Gasteiger partial charge in [0.15, 0.2) is 0 Å². The quantitative estimate of drug-likeness (QED) is 0.680. The van der Waals surface area contributed by atoms with Crippen molar-refractivity contribution >= 4 is 17.8 Å². The Bertz CT molecular complexity index is 778. The molecule has 132 valence electrons. The molecule has 2 aromatic rings. The van der Waals surface area contributed by atoms with Crippen molar-refractivity contribution in [3.63, 3.8) is 0 Å². The van der Waals surface area contributed by atoms with Gasteiger partial charge in [-0.05, 0) is 24.8 Å². The molecular formula is C16H21N7O2. The smallest absolute Gasteiger partial charge is 0.252 e. The van der Waals surface area contributed by atoms with E-state index in [-0.39, 0.29) is 23.8 Å². The number of aromatic amines is 1. The van der Waals surface area contributed by atoms with Crippen molar-refractivity contribution in [1.29, 1.82) is 0 Å². The van der Waals surface area contributed by atoms with Crippen LogP contribution in [0.3, 0.4) is 0 Å². The van der Waals surface area contributed by atoms with Gasteiger partial charge in [0.25, 0.3) is 5.56 Å². The summed E-state index contributed by atoms with van der Waals surface area (Å²) in [5.41, 5.74) is 5.48. The summed E-state index contributed by atoms with van der Waals surface area (Å²) >= 11 is 0. The van der Waals surface area contributed by atoms with E-state index in [4.69, 9.17) is 5.73 Å². The fourth-order valence-corrected chi connectivity index (χ4v) is 2.97. The lowest BCUT2D eigenvalue weighted by Crippen LogP contribution is -2.42. The van der Waals surface area contributed by atoms with Gasteiger partial charge < -0.3 is 16.0 Å². The predicted octanol–water partition coefficient (Wildman–Crippen LogP) is -0.283. The Morgan fingerprint density at radius 3 is 2.96 bits per heavy atom. The zero-order valence-electron chi connectivity index (χ0n) is 13.8. The Morgan fingerprint density at radius 2 is 2.20 bits per heavy atom. The minimum atomic E-state index is -0.360. The molecule has 25 heavy (non-hydrogen) atoms. The Labute approximate surface area is 144 Å². The lowest BCUT2D eigenvalue weighted by atomic mass is 9.98. The summed E-state index contributed by atoms with van der Waals surface area (Å²) in [6.07, 6.45) is 5.57. The molecule has 1 atom stereocenters. The van der Waals surface area contributed by atoms with Crippen molar-refractivity contribution in [2.75, 3.05) is 30.3 Å². The van der Waals surface area contributed by atoms with Gasteiger partial charge in [-0.25, -0.2) is 15.0 Å². The first-order valence-corrected chi connectivity index (χ1v) is 8.24. The number of carbonyl (C=O) groups excluding carboxylic acids is 1. The summed E-state index contributed by atoms with van der Waals surface area (Å²) in [5, 5.41) is 2.91. The number of aromatic nitrogens is 4. The molecule has 1 fully saturated rings. The van der Waals surface area contributed by atoms with Crippen LogP contribution >= 0.6 is 0 Å².